The SMILES string of the molecule is CN(C)Cc1ccc(CNC(=O)c2cccc(S(=O)(=O)Nc3ccc(Cl)cc3)c2)cc1. The number of rotatable bonds is 8. The molecule has 0 radical (unpaired) electrons. The van der Waals surface area contributed by atoms with Crippen molar-refractivity contribution < 1.29 is 13.2 Å². The number of halogens is 1. The minimum absolute atomic E-state index is 0.00291. The van der Waals surface area contributed by atoms with Gasteiger partial charge in [-0.05, 0) is 67.7 Å². The predicted octanol–water partition coefficient (Wildman–Crippen LogP) is 4.13. The number of nitrogens with zero attached hydrogens (tertiary/aromatic N) is 1. The van der Waals surface area contributed by atoms with Crippen LogP contribution in [0.15, 0.2) is 77.7 Å². The second kappa shape index (κ2) is 9.96. The molecule has 31 heavy (non-hydrogen) atoms. The number of carbonyl (C=O) groups is 1. The first-order valence-corrected chi connectivity index (χ1v) is 11.5. The lowest BCUT2D eigenvalue weighted by molar-refractivity contribution is 0.0950. The Hall–Kier alpha value is -2.87. The molecule has 0 atom stereocenters. The first-order valence-electron chi connectivity index (χ1n) is 9.62. The maximum Gasteiger partial charge on any atom is 0.261 e. The zero-order valence-corrected chi connectivity index (χ0v) is 18.9. The Morgan fingerprint density at radius 2 is 1.58 bits per heavy atom. The van der Waals surface area contributed by atoms with E-state index in [0.29, 0.717) is 17.3 Å². The van der Waals surface area contributed by atoms with Crippen LogP contribution in [0.4, 0.5) is 5.69 Å². The molecule has 1 amide bonds. The molecule has 0 unspecified atom stereocenters. The van der Waals surface area contributed by atoms with Gasteiger partial charge in [-0.2, -0.15) is 0 Å². The topological polar surface area (TPSA) is 78.5 Å². The van der Waals surface area contributed by atoms with Crippen LogP contribution in [0.25, 0.3) is 0 Å². The van der Waals surface area contributed by atoms with E-state index in [1.165, 1.54) is 17.7 Å². The summed E-state index contributed by atoms with van der Waals surface area (Å²) >= 11 is 5.83. The Labute approximate surface area is 187 Å². The number of hydrogen-bond acceptors (Lipinski definition) is 4. The van der Waals surface area contributed by atoms with Crippen molar-refractivity contribution in [3.63, 3.8) is 0 Å². The van der Waals surface area contributed by atoms with Crippen molar-refractivity contribution in [1.82, 2.24) is 10.2 Å². The van der Waals surface area contributed by atoms with Gasteiger partial charge in [0, 0.05) is 29.4 Å². The summed E-state index contributed by atoms with van der Waals surface area (Å²) in [4.78, 5) is 14.6. The largest absolute Gasteiger partial charge is 0.348 e. The first-order chi connectivity index (χ1) is 14.7. The van der Waals surface area contributed by atoms with Crippen molar-refractivity contribution >= 4 is 33.2 Å². The van der Waals surface area contributed by atoms with Gasteiger partial charge in [-0.15, -0.1) is 0 Å². The van der Waals surface area contributed by atoms with Crippen LogP contribution in [0, 0.1) is 0 Å². The number of benzene rings is 3. The van der Waals surface area contributed by atoms with E-state index in [1.54, 1.807) is 36.4 Å². The second-order valence-electron chi connectivity index (χ2n) is 7.38. The third kappa shape index (κ3) is 6.55. The maximum absolute atomic E-state index is 12.7. The zero-order chi connectivity index (χ0) is 22.4. The number of carbonyl (C=O) groups excluding carboxylic acids is 1. The molecule has 0 aliphatic rings. The van der Waals surface area contributed by atoms with Gasteiger partial charge in [-0.1, -0.05) is 41.9 Å². The lowest BCUT2D eigenvalue weighted by Crippen LogP contribution is -2.23. The number of hydrogen-bond donors (Lipinski definition) is 2. The highest BCUT2D eigenvalue weighted by Gasteiger charge is 2.16. The van der Waals surface area contributed by atoms with Crippen LogP contribution in [0.5, 0.6) is 0 Å². The molecular formula is C23H24ClN3O3S. The fourth-order valence-electron chi connectivity index (χ4n) is 2.95. The molecular weight excluding hydrogens is 434 g/mol. The van der Waals surface area contributed by atoms with Crippen LogP contribution in [0.2, 0.25) is 5.02 Å². The van der Waals surface area contributed by atoms with Gasteiger partial charge in [-0.25, -0.2) is 8.42 Å². The summed E-state index contributed by atoms with van der Waals surface area (Å²) in [7, 11) is 0.174. The van der Waals surface area contributed by atoms with Gasteiger partial charge in [-0.3, -0.25) is 9.52 Å². The summed E-state index contributed by atoms with van der Waals surface area (Å²) in [6.45, 7) is 1.19. The molecule has 0 bridgehead atoms. The van der Waals surface area contributed by atoms with Crippen LogP contribution in [-0.2, 0) is 23.1 Å². The van der Waals surface area contributed by atoms with Crippen molar-refractivity contribution in [1.29, 1.82) is 0 Å². The van der Waals surface area contributed by atoms with E-state index in [-0.39, 0.29) is 16.4 Å². The molecule has 3 aromatic carbocycles. The molecule has 162 valence electrons. The molecule has 3 aromatic rings. The van der Waals surface area contributed by atoms with E-state index in [4.69, 9.17) is 11.6 Å². The number of anilines is 1. The van der Waals surface area contributed by atoms with E-state index in [9.17, 15) is 13.2 Å². The summed E-state index contributed by atoms with van der Waals surface area (Å²) in [6.07, 6.45) is 0. The van der Waals surface area contributed by atoms with Crippen LogP contribution >= 0.6 is 11.6 Å². The third-order valence-electron chi connectivity index (χ3n) is 4.48. The van der Waals surface area contributed by atoms with Crippen LogP contribution < -0.4 is 10.0 Å². The minimum Gasteiger partial charge on any atom is -0.348 e. The summed E-state index contributed by atoms with van der Waals surface area (Å²) < 4.78 is 27.8. The molecule has 0 aromatic heterocycles. The smallest absolute Gasteiger partial charge is 0.261 e. The van der Waals surface area contributed by atoms with Gasteiger partial charge in [0.2, 0.25) is 0 Å². The molecule has 6 nitrogen and oxygen atoms in total. The van der Waals surface area contributed by atoms with Crippen molar-refractivity contribution in [3.8, 4) is 0 Å². The van der Waals surface area contributed by atoms with Gasteiger partial charge in [0.05, 0.1) is 4.90 Å². The molecule has 0 fully saturated rings. The Kier molecular flexibility index (Phi) is 7.33. The van der Waals surface area contributed by atoms with E-state index in [1.807, 2.05) is 38.4 Å². The highest BCUT2D eigenvalue weighted by molar-refractivity contribution is 7.92. The number of amides is 1. The van der Waals surface area contributed by atoms with E-state index >= 15 is 0 Å². The predicted molar refractivity (Wildman–Crippen MR) is 124 cm³/mol. The van der Waals surface area contributed by atoms with Crippen molar-refractivity contribution in [3.05, 3.63) is 94.5 Å². The fourth-order valence-corrected chi connectivity index (χ4v) is 4.18. The van der Waals surface area contributed by atoms with Crippen molar-refractivity contribution in [2.45, 2.75) is 18.0 Å². The number of nitrogens with one attached hydrogen (secondary N) is 2. The lowest BCUT2D eigenvalue weighted by atomic mass is 10.1. The normalized spacial score (nSPS) is 11.4. The molecule has 0 aliphatic carbocycles. The molecule has 3 rings (SSSR count). The van der Waals surface area contributed by atoms with E-state index < -0.39 is 10.0 Å². The highest BCUT2D eigenvalue weighted by atomic mass is 35.5. The fraction of sp³-hybridized carbons (Fsp3) is 0.174. The van der Waals surface area contributed by atoms with Crippen molar-refractivity contribution in [2.75, 3.05) is 18.8 Å². The Morgan fingerprint density at radius 3 is 2.23 bits per heavy atom. The van der Waals surface area contributed by atoms with E-state index in [2.05, 4.69) is 14.9 Å². The maximum atomic E-state index is 12.7. The van der Waals surface area contributed by atoms with Crippen LogP contribution in [-0.4, -0.2) is 33.3 Å². The van der Waals surface area contributed by atoms with Crippen molar-refractivity contribution in [2.24, 2.45) is 0 Å². The van der Waals surface area contributed by atoms with Gasteiger partial charge in [0.15, 0.2) is 0 Å². The monoisotopic (exact) mass is 457 g/mol. The standard InChI is InChI=1S/C23H24ClN3O3S/c1-27(2)16-18-8-6-17(7-9-18)15-25-23(28)19-4-3-5-22(14-19)31(29,30)26-21-12-10-20(24)11-13-21/h3-14,26H,15-16H2,1-2H3,(H,25,28). The molecule has 0 saturated heterocycles. The van der Waals surface area contributed by atoms with E-state index in [0.717, 1.165) is 12.1 Å². The quantitative estimate of drug-likeness (QED) is 0.533. The summed E-state index contributed by atoms with van der Waals surface area (Å²) in [5.41, 5.74) is 2.80. The Bertz CT molecular complexity index is 1150. The van der Waals surface area contributed by atoms with Gasteiger partial charge >= 0.3 is 0 Å². The average molecular weight is 458 g/mol. The van der Waals surface area contributed by atoms with Gasteiger partial charge in [0.1, 0.15) is 0 Å². The molecule has 0 saturated carbocycles. The molecule has 0 spiro atoms. The molecule has 0 aliphatic heterocycles. The first kappa shape index (κ1) is 22.8. The van der Waals surface area contributed by atoms with Gasteiger partial charge < -0.3 is 10.2 Å². The summed E-state index contributed by atoms with van der Waals surface area (Å²) in [6, 6.07) is 20.2. The second-order valence-corrected chi connectivity index (χ2v) is 9.50. The number of sulfonamides is 1. The molecule has 0 heterocycles. The van der Waals surface area contributed by atoms with Crippen LogP contribution in [0.3, 0.4) is 0 Å². The minimum atomic E-state index is -3.84. The highest BCUT2D eigenvalue weighted by Crippen LogP contribution is 2.19. The zero-order valence-electron chi connectivity index (χ0n) is 17.3. The lowest BCUT2D eigenvalue weighted by Gasteiger charge is -2.11. The summed E-state index contributed by atoms with van der Waals surface area (Å²) in [5.74, 6) is -0.346. The molecule has 8 heteroatoms. The Morgan fingerprint density at radius 1 is 0.935 bits per heavy atom. The summed E-state index contributed by atoms with van der Waals surface area (Å²) in [5, 5.41) is 3.34. The Balaban J connectivity index is 1.66. The molecule has 2 N–H and O–H groups in total. The average Bonchev–Trinajstić information content (AvgIpc) is 2.74. The van der Waals surface area contributed by atoms with Gasteiger partial charge in [0.25, 0.3) is 15.9 Å². The third-order valence-corrected chi connectivity index (χ3v) is 6.11. The van der Waals surface area contributed by atoms with Crippen LogP contribution in [0.1, 0.15) is 21.5 Å².